The molecule has 0 aromatic heterocycles. The van der Waals surface area contributed by atoms with E-state index in [1.165, 1.54) is 90.9 Å². The quantitative estimate of drug-likeness (QED) is 0.332. The van der Waals surface area contributed by atoms with Gasteiger partial charge in [0.05, 0.1) is 0 Å². The molecule has 0 nitrogen and oxygen atoms in total. The van der Waals surface area contributed by atoms with Gasteiger partial charge in [-0.05, 0) is 54.0 Å². The molecule has 0 fully saturated rings. The van der Waals surface area contributed by atoms with Gasteiger partial charge in [-0.25, -0.2) is 0 Å². The summed E-state index contributed by atoms with van der Waals surface area (Å²) in [5, 5.41) is 0. The molecule has 136 valence electrons. The van der Waals surface area contributed by atoms with Crippen molar-refractivity contribution in [3.8, 4) is 11.1 Å². The summed E-state index contributed by atoms with van der Waals surface area (Å²) in [6.45, 7) is 4.55. The fourth-order valence-electron chi connectivity index (χ4n) is 3.54. The molecule has 2 aromatic carbocycles. The van der Waals surface area contributed by atoms with Gasteiger partial charge in [0.15, 0.2) is 0 Å². The van der Waals surface area contributed by atoms with Crippen molar-refractivity contribution in [2.24, 2.45) is 0 Å². The minimum absolute atomic E-state index is 1.17. The highest BCUT2D eigenvalue weighted by molar-refractivity contribution is 9.10. The molecule has 2 rings (SSSR count). The van der Waals surface area contributed by atoms with Gasteiger partial charge in [0, 0.05) is 4.47 Å². The molecule has 0 saturated carbocycles. The van der Waals surface area contributed by atoms with Gasteiger partial charge in [0.1, 0.15) is 0 Å². The summed E-state index contributed by atoms with van der Waals surface area (Å²) in [7, 11) is 0. The van der Waals surface area contributed by atoms with E-state index in [1.54, 1.807) is 0 Å². The van der Waals surface area contributed by atoms with E-state index < -0.39 is 0 Å². The molecule has 0 atom stereocenters. The number of unbranched alkanes of at least 4 members (excludes halogenated alkanes) is 6. The zero-order valence-corrected chi connectivity index (χ0v) is 17.6. The fraction of sp³-hybridized carbons (Fsp3) is 0.500. The topological polar surface area (TPSA) is 0 Å². The van der Waals surface area contributed by atoms with Gasteiger partial charge >= 0.3 is 0 Å². The zero-order valence-electron chi connectivity index (χ0n) is 16.0. The second-order valence-electron chi connectivity index (χ2n) is 7.04. The van der Waals surface area contributed by atoms with E-state index in [0.717, 1.165) is 0 Å². The highest BCUT2D eigenvalue weighted by Gasteiger charge is 2.11. The molecule has 0 spiro atoms. The number of rotatable bonds is 11. The number of hydrogen-bond acceptors (Lipinski definition) is 0. The number of benzene rings is 2. The standard InChI is InChI=1S/C24H33Br/c1-3-5-7-9-14-20-15-11-12-16-21(20)22-18-13-19-24(25)23(22)17-10-8-6-4-2/h11-13,15-16,18-19H,3-10,14,17H2,1-2H3. The van der Waals surface area contributed by atoms with Crippen LogP contribution in [0.4, 0.5) is 0 Å². The molecule has 0 aliphatic carbocycles. The first-order chi connectivity index (χ1) is 12.3. The summed E-state index contributed by atoms with van der Waals surface area (Å²) in [6.07, 6.45) is 12.9. The third-order valence-electron chi connectivity index (χ3n) is 5.01. The van der Waals surface area contributed by atoms with Gasteiger partial charge in [0.25, 0.3) is 0 Å². The highest BCUT2D eigenvalue weighted by Crippen LogP contribution is 2.33. The Morgan fingerprint density at radius 1 is 0.640 bits per heavy atom. The van der Waals surface area contributed by atoms with Gasteiger partial charge < -0.3 is 0 Å². The lowest BCUT2D eigenvalue weighted by Crippen LogP contribution is -1.96. The molecule has 0 aliphatic rings. The van der Waals surface area contributed by atoms with Crippen LogP contribution < -0.4 is 0 Å². The van der Waals surface area contributed by atoms with Crippen molar-refractivity contribution in [1.29, 1.82) is 0 Å². The monoisotopic (exact) mass is 400 g/mol. The van der Waals surface area contributed by atoms with Crippen LogP contribution in [0.5, 0.6) is 0 Å². The summed E-state index contributed by atoms with van der Waals surface area (Å²) in [5.74, 6) is 0. The Morgan fingerprint density at radius 3 is 2.00 bits per heavy atom. The van der Waals surface area contributed by atoms with E-state index in [0.29, 0.717) is 0 Å². The largest absolute Gasteiger partial charge is 0.0654 e. The molecule has 0 heterocycles. The lowest BCUT2D eigenvalue weighted by atomic mass is 9.91. The average Bonchev–Trinajstić information content (AvgIpc) is 2.64. The predicted octanol–water partition coefficient (Wildman–Crippen LogP) is 8.36. The van der Waals surface area contributed by atoms with Crippen LogP contribution in [0, 0.1) is 0 Å². The SMILES string of the molecule is CCCCCCc1ccccc1-c1cccc(Br)c1CCCCCC. The molecule has 0 bridgehead atoms. The van der Waals surface area contributed by atoms with Crippen molar-refractivity contribution in [3.05, 3.63) is 58.1 Å². The van der Waals surface area contributed by atoms with Crippen molar-refractivity contribution >= 4 is 15.9 Å². The van der Waals surface area contributed by atoms with E-state index in [2.05, 4.69) is 72.2 Å². The van der Waals surface area contributed by atoms with E-state index in [1.807, 2.05) is 0 Å². The minimum atomic E-state index is 1.17. The van der Waals surface area contributed by atoms with E-state index in [-0.39, 0.29) is 0 Å². The molecular formula is C24H33Br. The average molecular weight is 401 g/mol. The van der Waals surface area contributed by atoms with Gasteiger partial charge in [0.2, 0.25) is 0 Å². The van der Waals surface area contributed by atoms with Gasteiger partial charge in [-0.2, -0.15) is 0 Å². The Kier molecular flexibility index (Phi) is 9.32. The summed E-state index contributed by atoms with van der Waals surface area (Å²) >= 11 is 3.81. The lowest BCUT2D eigenvalue weighted by molar-refractivity contribution is 0.665. The molecular weight excluding hydrogens is 368 g/mol. The Bertz CT molecular complexity index is 630. The van der Waals surface area contributed by atoms with Crippen molar-refractivity contribution in [2.75, 3.05) is 0 Å². The van der Waals surface area contributed by atoms with Crippen LogP contribution in [0.3, 0.4) is 0 Å². The normalized spacial score (nSPS) is 11.0. The van der Waals surface area contributed by atoms with Crippen LogP contribution >= 0.6 is 15.9 Å². The smallest absolute Gasteiger partial charge is 0.0213 e. The third-order valence-corrected chi connectivity index (χ3v) is 5.75. The number of hydrogen-bond donors (Lipinski definition) is 0. The maximum absolute atomic E-state index is 3.81. The molecule has 0 saturated heterocycles. The predicted molar refractivity (Wildman–Crippen MR) is 115 cm³/mol. The molecule has 25 heavy (non-hydrogen) atoms. The highest BCUT2D eigenvalue weighted by atomic mass is 79.9. The third kappa shape index (κ3) is 6.29. The first kappa shape index (κ1) is 20.2. The summed E-state index contributed by atoms with van der Waals surface area (Å²) in [5.41, 5.74) is 5.86. The zero-order chi connectivity index (χ0) is 17.9. The van der Waals surface area contributed by atoms with E-state index >= 15 is 0 Å². The van der Waals surface area contributed by atoms with E-state index in [4.69, 9.17) is 0 Å². The van der Waals surface area contributed by atoms with Crippen LogP contribution in [0.15, 0.2) is 46.9 Å². The van der Waals surface area contributed by atoms with Crippen LogP contribution in [0.2, 0.25) is 0 Å². The minimum Gasteiger partial charge on any atom is -0.0654 e. The molecule has 0 radical (unpaired) electrons. The van der Waals surface area contributed by atoms with Crippen LogP contribution in [0.1, 0.15) is 76.3 Å². The summed E-state index contributed by atoms with van der Waals surface area (Å²) in [4.78, 5) is 0. The fourth-order valence-corrected chi connectivity index (χ4v) is 4.10. The first-order valence-electron chi connectivity index (χ1n) is 10.1. The molecule has 1 heteroatoms. The van der Waals surface area contributed by atoms with Crippen LogP contribution in [0.25, 0.3) is 11.1 Å². The van der Waals surface area contributed by atoms with Crippen molar-refractivity contribution in [1.82, 2.24) is 0 Å². The Hall–Kier alpha value is -1.08. The van der Waals surface area contributed by atoms with E-state index in [9.17, 15) is 0 Å². The van der Waals surface area contributed by atoms with Crippen LogP contribution in [-0.4, -0.2) is 0 Å². The van der Waals surface area contributed by atoms with Crippen molar-refractivity contribution in [3.63, 3.8) is 0 Å². The second-order valence-corrected chi connectivity index (χ2v) is 7.90. The first-order valence-corrected chi connectivity index (χ1v) is 10.9. The summed E-state index contributed by atoms with van der Waals surface area (Å²) < 4.78 is 1.27. The van der Waals surface area contributed by atoms with Gasteiger partial charge in [-0.1, -0.05) is 105 Å². The van der Waals surface area contributed by atoms with Crippen molar-refractivity contribution < 1.29 is 0 Å². The Morgan fingerprint density at radius 2 is 1.28 bits per heavy atom. The Balaban J connectivity index is 2.21. The molecule has 0 amide bonds. The van der Waals surface area contributed by atoms with Gasteiger partial charge in [-0.3, -0.25) is 0 Å². The lowest BCUT2D eigenvalue weighted by Gasteiger charge is -2.16. The maximum Gasteiger partial charge on any atom is 0.0213 e. The second kappa shape index (κ2) is 11.5. The number of halogens is 1. The molecule has 2 aromatic rings. The van der Waals surface area contributed by atoms with Crippen molar-refractivity contribution in [2.45, 2.75) is 78.1 Å². The molecule has 0 aliphatic heterocycles. The van der Waals surface area contributed by atoms with Gasteiger partial charge in [-0.15, -0.1) is 0 Å². The molecule has 0 N–H and O–H groups in total. The Labute approximate surface area is 163 Å². The maximum atomic E-state index is 3.81. The number of aryl methyl sites for hydroxylation is 1. The molecule has 0 unspecified atom stereocenters. The van der Waals surface area contributed by atoms with Crippen LogP contribution in [-0.2, 0) is 12.8 Å². The summed E-state index contributed by atoms with van der Waals surface area (Å²) in [6, 6.07) is 15.7.